The summed E-state index contributed by atoms with van der Waals surface area (Å²) in [6.45, 7) is 1.91. The molecule has 1 aromatic heterocycles. The molecule has 1 N–H and O–H groups in total. The maximum Gasteiger partial charge on any atom is 0.403 e. The molecule has 2 aromatic carbocycles. The maximum absolute atomic E-state index is 11.2. The van der Waals surface area contributed by atoms with Crippen LogP contribution in [0.1, 0.15) is 16.2 Å². The number of fused-ring (bicyclic) bond motifs is 1. The Labute approximate surface area is 116 Å². The summed E-state index contributed by atoms with van der Waals surface area (Å²) in [4.78, 5) is 11.2. The first-order chi connectivity index (χ1) is 9.59. The van der Waals surface area contributed by atoms with Crippen molar-refractivity contribution in [3.8, 4) is 5.69 Å². The third-order valence-electron chi connectivity index (χ3n) is 3.54. The molecule has 0 bridgehead atoms. The highest BCUT2D eigenvalue weighted by atomic mass is 16.4. The number of benzene rings is 2. The van der Waals surface area contributed by atoms with Gasteiger partial charge in [0.25, 0.3) is 0 Å². The van der Waals surface area contributed by atoms with E-state index in [1.54, 1.807) is 17.8 Å². The number of aromatic nitrogens is 2. The summed E-state index contributed by atoms with van der Waals surface area (Å²) in [7, 11) is 1.76. The molecule has 0 atom stereocenters. The Morgan fingerprint density at radius 3 is 2.55 bits per heavy atom. The van der Waals surface area contributed by atoms with Crippen LogP contribution in [0.4, 0.5) is 0 Å². The van der Waals surface area contributed by atoms with Crippen LogP contribution in [0.25, 0.3) is 16.5 Å². The van der Waals surface area contributed by atoms with Gasteiger partial charge in [0.15, 0.2) is 7.05 Å². The van der Waals surface area contributed by atoms with E-state index >= 15 is 0 Å². The van der Waals surface area contributed by atoms with Crippen molar-refractivity contribution in [2.24, 2.45) is 7.05 Å². The molecule has 1 heterocycles. The van der Waals surface area contributed by atoms with Crippen molar-refractivity contribution >= 4 is 16.7 Å². The zero-order chi connectivity index (χ0) is 14.3. The zero-order valence-electron chi connectivity index (χ0n) is 11.4. The highest BCUT2D eigenvalue weighted by Crippen LogP contribution is 2.22. The largest absolute Gasteiger partial charge is 0.473 e. The van der Waals surface area contributed by atoms with E-state index in [9.17, 15) is 9.90 Å². The summed E-state index contributed by atoms with van der Waals surface area (Å²) in [5.74, 6) is -0.922. The SMILES string of the molecule is Cc1cc(C(=O)O)[n+](C)n1-c1cccc2ccccc12. The third-order valence-corrected chi connectivity index (χ3v) is 3.54. The number of rotatable bonds is 2. The molecular formula is C16H15N2O2+. The Balaban J connectivity index is 2.34. The van der Waals surface area contributed by atoms with Gasteiger partial charge in [-0.2, -0.15) is 0 Å². The molecule has 3 rings (SSSR count). The molecule has 20 heavy (non-hydrogen) atoms. The molecule has 0 aliphatic carbocycles. The van der Waals surface area contributed by atoms with Crippen LogP contribution >= 0.6 is 0 Å². The third kappa shape index (κ3) is 1.77. The Kier molecular flexibility index (Phi) is 2.79. The van der Waals surface area contributed by atoms with Gasteiger partial charge in [-0.3, -0.25) is 0 Å². The van der Waals surface area contributed by atoms with Crippen molar-refractivity contribution < 1.29 is 14.6 Å². The van der Waals surface area contributed by atoms with Crippen molar-refractivity contribution in [1.29, 1.82) is 0 Å². The minimum atomic E-state index is -0.922. The van der Waals surface area contributed by atoms with E-state index < -0.39 is 5.97 Å². The molecule has 4 nitrogen and oxygen atoms in total. The normalized spacial score (nSPS) is 10.9. The standard InChI is InChI=1S/C16H14N2O2/c1-11-10-15(16(19)20)17(2)18(11)14-9-5-7-12-6-3-4-8-13(12)14/h3-10H,1-2H3/p+1. The van der Waals surface area contributed by atoms with Crippen LogP contribution in [-0.2, 0) is 7.05 Å². The van der Waals surface area contributed by atoms with Crippen molar-refractivity contribution in [3.63, 3.8) is 0 Å². The minimum absolute atomic E-state index is 0.274. The lowest BCUT2D eigenvalue weighted by Crippen LogP contribution is -2.43. The van der Waals surface area contributed by atoms with Gasteiger partial charge in [0.2, 0.25) is 0 Å². The molecule has 0 amide bonds. The molecule has 0 radical (unpaired) electrons. The Morgan fingerprint density at radius 2 is 1.85 bits per heavy atom. The smallest absolute Gasteiger partial charge is 0.403 e. The predicted molar refractivity (Wildman–Crippen MR) is 76.1 cm³/mol. The van der Waals surface area contributed by atoms with Crippen LogP contribution in [0.15, 0.2) is 48.5 Å². The Morgan fingerprint density at radius 1 is 1.15 bits per heavy atom. The van der Waals surface area contributed by atoms with E-state index in [1.807, 2.05) is 41.9 Å². The lowest BCUT2D eigenvalue weighted by molar-refractivity contribution is -0.746. The molecule has 4 heteroatoms. The molecule has 0 aliphatic rings. The van der Waals surface area contributed by atoms with Crippen LogP contribution in [0, 0.1) is 6.92 Å². The van der Waals surface area contributed by atoms with Gasteiger partial charge in [0.05, 0.1) is 5.69 Å². The minimum Gasteiger partial charge on any atom is -0.473 e. The molecule has 100 valence electrons. The highest BCUT2D eigenvalue weighted by Gasteiger charge is 2.24. The second-order valence-corrected chi connectivity index (χ2v) is 4.81. The fourth-order valence-electron chi connectivity index (χ4n) is 2.64. The van der Waals surface area contributed by atoms with Gasteiger partial charge < -0.3 is 5.11 Å². The fourth-order valence-corrected chi connectivity index (χ4v) is 2.64. The molecule has 0 aliphatic heterocycles. The van der Waals surface area contributed by atoms with Gasteiger partial charge in [-0.25, -0.2) is 4.79 Å². The molecule has 0 fully saturated rings. The van der Waals surface area contributed by atoms with Crippen molar-refractivity contribution in [2.75, 3.05) is 0 Å². The Hall–Kier alpha value is -2.62. The van der Waals surface area contributed by atoms with E-state index in [1.165, 1.54) is 0 Å². The van der Waals surface area contributed by atoms with Crippen LogP contribution < -0.4 is 4.68 Å². The summed E-state index contributed by atoms with van der Waals surface area (Å²) < 4.78 is 3.59. The summed E-state index contributed by atoms with van der Waals surface area (Å²) in [6.07, 6.45) is 0. The summed E-state index contributed by atoms with van der Waals surface area (Å²) in [5, 5.41) is 11.5. The molecule has 0 spiro atoms. The van der Waals surface area contributed by atoms with Gasteiger partial charge in [0, 0.05) is 11.5 Å². The van der Waals surface area contributed by atoms with Crippen molar-refractivity contribution in [2.45, 2.75) is 6.92 Å². The first-order valence-electron chi connectivity index (χ1n) is 6.39. The lowest BCUT2D eigenvalue weighted by Gasteiger charge is -2.07. The summed E-state index contributed by atoms with van der Waals surface area (Å²) in [5.41, 5.74) is 2.15. The number of carbonyl (C=O) groups is 1. The average molecular weight is 267 g/mol. The number of hydrogen-bond donors (Lipinski definition) is 1. The lowest BCUT2D eigenvalue weighted by atomic mass is 10.1. The summed E-state index contributed by atoms with van der Waals surface area (Å²) >= 11 is 0. The number of aryl methyl sites for hydroxylation is 1. The predicted octanol–water partition coefficient (Wildman–Crippen LogP) is 2.46. The van der Waals surface area contributed by atoms with Crippen molar-refractivity contribution in [1.82, 2.24) is 4.68 Å². The number of nitrogens with zero attached hydrogens (tertiary/aromatic N) is 2. The zero-order valence-corrected chi connectivity index (χ0v) is 11.4. The first-order valence-corrected chi connectivity index (χ1v) is 6.39. The molecule has 0 saturated carbocycles. The van der Waals surface area contributed by atoms with Gasteiger partial charge in [-0.1, -0.05) is 41.1 Å². The van der Waals surface area contributed by atoms with E-state index in [-0.39, 0.29) is 5.69 Å². The van der Waals surface area contributed by atoms with E-state index in [4.69, 9.17) is 0 Å². The fraction of sp³-hybridized carbons (Fsp3) is 0.125. The van der Waals surface area contributed by atoms with Crippen molar-refractivity contribution in [3.05, 3.63) is 59.9 Å². The first kappa shape index (κ1) is 12.4. The van der Waals surface area contributed by atoms with Crippen LogP contribution in [0.2, 0.25) is 0 Å². The quantitative estimate of drug-likeness (QED) is 0.725. The van der Waals surface area contributed by atoms with E-state index in [2.05, 4.69) is 12.1 Å². The second kappa shape index (κ2) is 4.49. The Bertz CT molecular complexity index is 813. The monoisotopic (exact) mass is 267 g/mol. The maximum atomic E-state index is 11.2. The summed E-state index contributed by atoms with van der Waals surface area (Å²) in [6, 6.07) is 15.8. The van der Waals surface area contributed by atoms with Gasteiger partial charge in [-0.05, 0) is 18.4 Å². The van der Waals surface area contributed by atoms with E-state index in [0.717, 1.165) is 22.2 Å². The second-order valence-electron chi connectivity index (χ2n) is 4.81. The number of hydrogen-bond acceptors (Lipinski definition) is 1. The van der Waals surface area contributed by atoms with Crippen LogP contribution in [0.3, 0.4) is 0 Å². The van der Waals surface area contributed by atoms with Crippen LogP contribution in [0.5, 0.6) is 0 Å². The van der Waals surface area contributed by atoms with Gasteiger partial charge >= 0.3 is 11.7 Å². The molecule has 0 unspecified atom stereocenters. The molecule has 3 aromatic rings. The average Bonchev–Trinajstić information content (AvgIpc) is 2.74. The number of aromatic carboxylic acids is 1. The number of carboxylic acid groups (broad SMARTS) is 1. The van der Waals surface area contributed by atoms with Gasteiger partial charge in [-0.15, -0.1) is 4.68 Å². The highest BCUT2D eigenvalue weighted by molar-refractivity contribution is 5.90. The molecule has 0 saturated heterocycles. The van der Waals surface area contributed by atoms with Gasteiger partial charge in [0.1, 0.15) is 5.69 Å². The van der Waals surface area contributed by atoms with Crippen LogP contribution in [-0.4, -0.2) is 15.8 Å². The topological polar surface area (TPSA) is 46.1 Å². The van der Waals surface area contributed by atoms with E-state index in [0.29, 0.717) is 0 Å². The molecular weight excluding hydrogens is 252 g/mol. The number of carboxylic acids is 1.